The molecule has 1 aliphatic rings. The molecule has 4 rings (SSSR count). The number of rotatable bonds is 5. The van der Waals surface area contributed by atoms with E-state index in [-0.39, 0.29) is 11.9 Å². The summed E-state index contributed by atoms with van der Waals surface area (Å²) >= 11 is 0. The van der Waals surface area contributed by atoms with Crippen molar-refractivity contribution in [3.63, 3.8) is 0 Å². The van der Waals surface area contributed by atoms with Crippen molar-refractivity contribution in [1.29, 1.82) is 0 Å². The van der Waals surface area contributed by atoms with Crippen molar-refractivity contribution in [3.8, 4) is 16.9 Å². The van der Waals surface area contributed by atoms with E-state index in [1.54, 1.807) is 31.4 Å². The van der Waals surface area contributed by atoms with Gasteiger partial charge >= 0.3 is 5.97 Å². The van der Waals surface area contributed by atoms with Crippen molar-refractivity contribution < 1.29 is 19.4 Å². The molecule has 0 unspecified atom stereocenters. The minimum atomic E-state index is -0.981. The fourth-order valence-corrected chi connectivity index (χ4v) is 4.22. The van der Waals surface area contributed by atoms with Crippen LogP contribution in [-0.2, 0) is 4.79 Å². The molecule has 2 atom stereocenters. The molecule has 1 heterocycles. The standard InChI is InChI=1S/C25H23NO4/c1-30-19-11-7-10-18(16-19)24(27)26-22(14-15-23(26)25(28)29)21-13-6-5-12-20(21)17-8-3-2-4-9-17/h2-13,16,22-23H,14-15H2,1H3,(H,28,29)/t22-,23+/m1/s1. The van der Waals surface area contributed by atoms with Gasteiger partial charge in [-0.1, -0.05) is 60.7 Å². The Kier molecular flexibility index (Phi) is 5.53. The van der Waals surface area contributed by atoms with Crippen LogP contribution in [0.3, 0.4) is 0 Å². The third-order valence-electron chi connectivity index (χ3n) is 5.63. The Morgan fingerprint density at radius 2 is 1.67 bits per heavy atom. The number of carboxylic acids is 1. The molecule has 0 bridgehead atoms. The van der Waals surface area contributed by atoms with E-state index in [9.17, 15) is 14.7 Å². The minimum Gasteiger partial charge on any atom is -0.497 e. The molecular formula is C25H23NO4. The van der Waals surface area contributed by atoms with Crippen LogP contribution in [0.15, 0.2) is 78.9 Å². The number of ether oxygens (including phenoxy) is 1. The first-order valence-electron chi connectivity index (χ1n) is 9.94. The van der Waals surface area contributed by atoms with Gasteiger partial charge in [0.05, 0.1) is 13.2 Å². The lowest BCUT2D eigenvalue weighted by Gasteiger charge is -2.30. The van der Waals surface area contributed by atoms with E-state index < -0.39 is 12.0 Å². The number of nitrogens with zero attached hydrogens (tertiary/aromatic N) is 1. The normalized spacial score (nSPS) is 18.2. The minimum absolute atomic E-state index is 0.299. The number of aliphatic carboxylic acids is 1. The van der Waals surface area contributed by atoms with Crippen molar-refractivity contribution in [2.75, 3.05) is 7.11 Å². The van der Waals surface area contributed by atoms with Crippen LogP contribution < -0.4 is 4.74 Å². The van der Waals surface area contributed by atoms with Gasteiger partial charge in [0.1, 0.15) is 11.8 Å². The molecule has 0 saturated carbocycles. The molecule has 1 N–H and O–H groups in total. The lowest BCUT2D eigenvalue weighted by molar-refractivity contribution is -0.141. The number of amides is 1. The second-order valence-corrected chi connectivity index (χ2v) is 7.34. The maximum Gasteiger partial charge on any atom is 0.326 e. The first kappa shape index (κ1) is 19.7. The van der Waals surface area contributed by atoms with Crippen LogP contribution in [0.2, 0.25) is 0 Å². The summed E-state index contributed by atoms with van der Waals surface area (Å²) in [6.45, 7) is 0. The molecule has 3 aromatic carbocycles. The average Bonchev–Trinajstić information content (AvgIpc) is 3.24. The number of likely N-dealkylation sites (tertiary alicyclic amines) is 1. The summed E-state index contributed by atoms with van der Waals surface area (Å²) in [6, 6.07) is 23.5. The first-order valence-corrected chi connectivity index (χ1v) is 9.94. The molecule has 1 aliphatic heterocycles. The van der Waals surface area contributed by atoms with Gasteiger partial charge in [-0.25, -0.2) is 4.79 Å². The van der Waals surface area contributed by atoms with Crippen LogP contribution in [0.25, 0.3) is 11.1 Å². The monoisotopic (exact) mass is 401 g/mol. The van der Waals surface area contributed by atoms with E-state index >= 15 is 0 Å². The van der Waals surface area contributed by atoms with E-state index in [0.717, 1.165) is 16.7 Å². The fourth-order valence-electron chi connectivity index (χ4n) is 4.22. The predicted octanol–water partition coefficient (Wildman–Crippen LogP) is 4.79. The lowest BCUT2D eigenvalue weighted by Crippen LogP contribution is -2.42. The van der Waals surface area contributed by atoms with Crippen molar-refractivity contribution in [3.05, 3.63) is 90.0 Å². The second kappa shape index (κ2) is 8.41. The highest BCUT2D eigenvalue weighted by Gasteiger charge is 2.42. The van der Waals surface area contributed by atoms with Gasteiger partial charge < -0.3 is 14.7 Å². The summed E-state index contributed by atoms with van der Waals surface area (Å²) in [5, 5.41) is 9.81. The Bertz CT molecular complexity index is 1060. The molecule has 1 saturated heterocycles. The van der Waals surface area contributed by atoms with Gasteiger partial charge in [-0.3, -0.25) is 4.79 Å². The first-order chi connectivity index (χ1) is 14.6. The molecule has 30 heavy (non-hydrogen) atoms. The number of methoxy groups -OCH3 is 1. The second-order valence-electron chi connectivity index (χ2n) is 7.34. The zero-order chi connectivity index (χ0) is 21.1. The van der Waals surface area contributed by atoms with Crippen LogP contribution in [0.5, 0.6) is 5.75 Å². The van der Waals surface area contributed by atoms with Crippen molar-refractivity contribution in [2.45, 2.75) is 24.9 Å². The van der Waals surface area contributed by atoms with Crippen molar-refractivity contribution in [2.24, 2.45) is 0 Å². The molecule has 0 radical (unpaired) electrons. The molecule has 3 aromatic rings. The molecule has 0 aliphatic carbocycles. The zero-order valence-corrected chi connectivity index (χ0v) is 16.7. The van der Waals surface area contributed by atoms with E-state index in [1.165, 1.54) is 4.90 Å². The Morgan fingerprint density at radius 3 is 2.40 bits per heavy atom. The Balaban J connectivity index is 1.78. The van der Waals surface area contributed by atoms with E-state index in [1.807, 2.05) is 54.6 Å². The van der Waals surface area contributed by atoms with Crippen LogP contribution in [0.4, 0.5) is 0 Å². The molecule has 1 fully saturated rings. The van der Waals surface area contributed by atoms with Crippen LogP contribution in [0, 0.1) is 0 Å². The Hall–Kier alpha value is -3.60. The SMILES string of the molecule is COc1cccc(C(=O)N2[C@@H](c3ccccc3-c3ccccc3)CC[C@H]2C(=O)O)c1. The van der Waals surface area contributed by atoms with Crippen LogP contribution in [-0.4, -0.2) is 35.0 Å². The van der Waals surface area contributed by atoms with Crippen molar-refractivity contribution in [1.82, 2.24) is 4.90 Å². The molecule has 5 heteroatoms. The zero-order valence-electron chi connectivity index (χ0n) is 16.7. The molecule has 5 nitrogen and oxygen atoms in total. The lowest BCUT2D eigenvalue weighted by atomic mass is 9.93. The Morgan fingerprint density at radius 1 is 0.933 bits per heavy atom. The van der Waals surface area contributed by atoms with E-state index in [0.29, 0.717) is 24.2 Å². The maximum absolute atomic E-state index is 13.5. The van der Waals surface area contributed by atoms with E-state index in [4.69, 9.17) is 4.74 Å². The number of benzene rings is 3. The Labute approximate surface area is 175 Å². The fraction of sp³-hybridized carbons (Fsp3) is 0.200. The molecule has 1 amide bonds. The molecular weight excluding hydrogens is 378 g/mol. The van der Waals surface area contributed by atoms with Gasteiger partial charge in [0.2, 0.25) is 0 Å². The third kappa shape index (κ3) is 3.66. The molecule has 152 valence electrons. The maximum atomic E-state index is 13.5. The number of carbonyl (C=O) groups is 2. The third-order valence-corrected chi connectivity index (χ3v) is 5.63. The highest BCUT2D eigenvalue weighted by Crippen LogP contribution is 2.41. The summed E-state index contributed by atoms with van der Waals surface area (Å²) in [7, 11) is 1.54. The van der Waals surface area contributed by atoms with E-state index in [2.05, 4.69) is 0 Å². The highest BCUT2D eigenvalue weighted by molar-refractivity contribution is 5.97. The smallest absolute Gasteiger partial charge is 0.326 e. The van der Waals surface area contributed by atoms with Gasteiger partial charge in [0.15, 0.2) is 0 Å². The number of hydrogen-bond acceptors (Lipinski definition) is 3. The predicted molar refractivity (Wildman–Crippen MR) is 114 cm³/mol. The van der Waals surface area contributed by atoms with Crippen LogP contribution >= 0.6 is 0 Å². The number of hydrogen-bond donors (Lipinski definition) is 1. The number of carboxylic acid groups (broad SMARTS) is 1. The molecule has 0 spiro atoms. The van der Waals surface area contributed by atoms with Gasteiger partial charge in [-0.05, 0) is 47.7 Å². The summed E-state index contributed by atoms with van der Waals surface area (Å²) in [5.74, 6) is -0.717. The summed E-state index contributed by atoms with van der Waals surface area (Å²) in [4.78, 5) is 27.0. The largest absolute Gasteiger partial charge is 0.497 e. The summed E-state index contributed by atoms with van der Waals surface area (Å²) < 4.78 is 5.24. The van der Waals surface area contributed by atoms with Crippen molar-refractivity contribution >= 4 is 11.9 Å². The molecule has 0 aromatic heterocycles. The summed E-state index contributed by atoms with van der Waals surface area (Å²) in [5.41, 5.74) is 3.44. The van der Waals surface area contributed by atoms with Gasteiger partial charge in [-0.15, -0.1) is 0 Å². The van der Waals surface area contributed by atoms with Gasteiger partial charge in [-0.2, -0.15) is 0 Å². The van der Waals surface area contributed by atoms with Crippen LogP contribution in [0.1, 0.15) is 34.8 Å². The quantitative estimate of drug-likeness (QED) is 0.667. The number of carbonyl (C=O) groups excluding carboxylic acids is 1. The summed E-state index contributed by atoms with van der Waals surface area (Å²) in [6.07, 6.45) is 1.01. The topological polar surface area (TPSA) is 66.8 Å². The average molecular weight is 401 g/mol. The highest BCUT2D eigenvalue weighted by atomic mass is 16.5. The van der Waals surface area contributed by atoms with Gasteiger partial charge in [0, 0.05) is 5.56 Å². The van der Waals surface area contributed by atoms with Gasteiger partial charge in [0.25, 0.3) is 5.91 Å².